The van der Waals surface area contributed by atoms with E-state index in [4.69, 9.17) is 10.5 Å². The second kappa shape index (κ2) is 3.66. The molecule has 1 aromatic heterocycles. The summed E-state index contributed by atoms with van der Waals surface area (Å²) < 4.78 is 4.87. The third kappa shape index (κ3) is 2.53. The van der Waals surface area contributed by atoms with Crippen LogP contribution < -0.4 is 10.5 Å². The average Bonchev–Trinajstić information content (AvgIpc) is 2.03. The van der Waals surface area contributed by atoms with Crippen molar-refractivity contribution in [1.29, 1.82) is 0 Å². The number of ether oxygens (including phenoxy) is 1. The zero-order chi connectivity index (χ0) is 8.97. The molecule has 1 aromatic rings. The molecular weight excluding hydrogens is 158 g/mol. The lowest BCUT2D eigenvalue weighted by Crippen LogP contribution is -2.20. The van der Waals surface area contributed by atoms with E-state index in [2.05, 4.69) is 9.97 Å². The van der Waals surface area contributed by atoms with E-state index in [1.54, 1.807) is 6.20 Å². The van der Waals surface area contributed by atoms with Crippen molar-refractivity contribution >= 4 is 5.91 Å². The number of rotatable bonds is 3. The van der Waals surface area contributed by atoms with Gasteiger partial charge in [-0.25, -0.2) is 4.98 Å². The van der Waals surface area contributed by atoms with E-state index in [1.807, 2.05) is 6.92 Å². The number of carbonyl (C=O) groups is 1. The molecule has 64 valence electrons. The van der Waals surface area contributed by atoms with E-state index in [0.29, 0.717) is 5.88 Å². The molecule has 0 unspecified atom stereocenters. The second-order valence-corrected chi connectivity index (χ2v) is 2.25. The van der Waals surface area contributed by atoms with Gasteiger partial charge in [-0.15, -0.1) is 0 Å². The van der Waals surface area contributed by atoms with E-state index < -0.39 is 5.91 Å². The molecule has 0 aliphatic rings. The van der Waals surface area contributed by atoms with Gasteiger partial charge < -0.3 is 10.5 Å². The molecule has 0 aromatic carbocycles. The zero-order valence-electron chi connectivity index (χ0n) is 6.65. The van der Waals surface area contributed by atoms with Crippen molar-refractivity contribution in [3.8, 4) is 5.88 Å². The van der Waals surface area contributed by atoms with Crippen LogP contribution in [0.1, 0.15) is 5.69 Å². The predicted molar refractivity (Wildman–Crippen MR) is 41.5 cm³/mol. The van der Waals surface area contributed by atoms with Crippen LogP contribution in [-0.2, 0) is 4.79 Å². The minimum Gasteiger partial charge on any atom is -0.466 e. The Kier molecular flexibility index (Phi) is 2.57. The highest BCUT2D eigenvalue weighted by Crippen LogP contribution is 2.01. The van der Waals surface area contributed by atoms with Crippen molar-refractivity contribution in [2.24, 2.45) is 5.73 Å². The largest absolute Gasteiger partial charge is 0.466 e. The van der Waals surface area contributed by atoms with Gasteiger partial charge in [-0.1, -0.05) is 0 Å². The first-order valence-corrected chi connectivity index (χ1v) is 3.38. The van der Waals surface area contributed by atoms with Gasteiger partial charge in [0.25, 0.3) is 5.91 Å². The summed E-state index contributed by atoms with van der Waals surface area (Å²) >= 11 is 0. The molecule has 2 N–H and O–H groups in total. The van der Waals surface area contributed by atoms with Crippen molar-refractivity contribution in [3.05, 3.63) is 18.1 Å². The van der Waals surface area contributed by atoms with E-state index in [1.165, 1.54) is 6.20 Å². The van der Waals surface area contributed by atoms with E-state index in [9.17, 15) is 4.79 Å². The molecule has 5 heteroatoms. The SMILES string of the molecule is Cc1cnc(OCC(N)=O)cn1. The van der Waals surface area contributed by atoms with Gasteiger partial charge in [-0.05, 0) is 6.92 Å². The molecule has 0 aliphatic heterocycles. The number of aryl methyl sites for hydroxylation is 1. The predicted octanol–water partition coefficient (Wildman–Crippen LogP) is -0.351. The summed E-state index contributed by atoms with van der Waals surface area (Å²) in [6.45, 7) is 1.64. The van der Waals surface area contributed by atoms with Crippen LogP contribution in [0.15, 0.2) is 12.4 Å². The second-order valence-electron chi connectivity index (χ2n) is 2.25. The van der Waals surface area contributed by atoms with Gasteiger partial charge in [0.1, 0.15) is 0 Å². The Bertz CT molecular complexity index is 270. The summed E-state index contributed by atoms with van der Waals surface area (Å²) in [5, 5.41) is 0. The first-order valence-electron chi connectivity index (χ1n) is 3.38. The molecule has 1 heterocycles. The van der Waals surface area contributed by atoms with Crippen LogP contribution >= 0.6 is 0 Å². The van der Waals surface area contributed by atoms with Gasteiger partial charge in [0.05, 0.1) is 18.1 Å². The molecule has 1 amide bonds. The van der Waals surface area contributed by atoms with Crippen molar-refractivity contribution < 1.29 is 9.53 Å². The molecule has 0 fully saturated rings. The van der Waals surface area contributed by atoms with Gasteiger partial charge in [-0.2, -0.15) is 0 Å². The number of nitrogens with zero attached hydrogens (tertiary/aromatic N) is 2. The molecule has 0 saturated carbocycles. The lowest BCUT2D eigenvalue weighted by Gasteiger charge is -2.00. The Hall–Kier alpha value is -1.65. The lowest BCUT2D eigenvalue weighted by molar-refractivity contribution is -0.120. The summed E-state index contributed by atoms with van der Waals surface area (Å²) in [6.07, 6.45) is 2.99. The minimum atomic E-state index is -0.530. The van der Waals surface area contributed by atoms with E-state index in [0.717, 1.165) is 5.69 Å². The molecule has 0 radical (unpaired) electrons. The van der Waals surface area contributed by atoms with Crippen molar-refractivity contribution in [1.82, 2.24) is 9.97 Å². The summed E-state index contributed by atoms with van der Waals surface area (Å²) in [4.78, 5) is 18.1. The highest BCUT2D eigenvalue weighted by Gasteiger charge is 1.97. The third-order valence-electron chi connectivity index (χ3n) is 1.12. The molecule has 12 heavy (non-hydrogen) atoms. The Morgan fingerprint density at radius 2 is 2.33 bits per heavy atom. The van der Waals surface area contributed by atoms with Crippen LogP contribution in [0.5, 0.6) is 5.88 Å². The maximum absolute atomic E-state index is 10.3. The molecule has 1 rings (SSSR count). The molecule has 0 aliphatic carbocycles. The number of carbonyl (C=O) groups excluding carboxylic acids is 1. The van der Waals surface area contributed by atoms with Crippen LogP contribution in [0.3, 0.4) is 0 Å². The fourth-order valence-electron chi connectivity index (χ4n) is 0.600. The molecule has 5 nitrogen and oxygen atoms in total. The number of hydrogen-bond donors (Lipinski definition) is 1. The van der Waals surface area contributed by atoms with Crippen LogP contribution in [0.25, 0.3) is 0 Å². The smallest absolute Gasteiger partial charge is 0.255 e. The monoisotopic (exact) mass is 167 g/mol. The molecule has 0 atom stereocenters. The Morgan fingerprint density at radius 3 is 2.83 bits per heavy atom. The highest BCUT2D eigenvalue weighted by molar-refractivity contribution is 5.75. The highest BCUT2D eigenvalue weighted by atomic mass is 16.5. The summed E-state index contributed by atoms with van der Waals surface area (Å²) in [5.74, 6) is -0.225. The van der Waals surface area contributed by atoms with Crippen molar-refractivity contribution in [2.45, 2.75) is 6.92 Å². The Morgan fingerprint density at radius 1 is 1.58 bits per heavy atom. The number of primary amides is 1. The van der Waals surface area contributed by atoms with Crippen molar-refractivity contribution in [2.75, 3.05) is 6.61 Å². The number of nitrogens with two attached hydrogens (primary N) is 1. The molecule has 0 saturated heterocycles. The summed E-state index contributed by atoms with van der Waals surface area (Å²) in [5.41, 5.74) is 5.65. The van der Waals surface area contributed by atoms with E-state index >= 15 is 0 Å². The van der Waals surface area contributed by atoms with E-state index in [-0.39, 0.29) is 6.61 Å². The summed E-state index contributed by atoms with van der Waals surface area (Å²) in [6, 6.07) is 0. The van der Waals surface area contributed by atoms with Gasteiger partial charge >= 0.3 is 0 Å². The van der Waals surface area contributed by atoms with Crippen LogP contribution in [0.4, 0.5) is 0 Å². The van der Waals surface area contributed by atoms with Gasteiger partial charge in [0.15, 0.2) is 6.61 Å². The van der Waals surface area contributed by atoms with Crippen molar-refractivity contribution in [3.63, 3.8) is 0 Å². The molecule has 0 spiro atoms. The van der Waals surface area contributed by atoms with Gasteiger partial charge in [0, 0.05) is 0 Å². The number of amides is 1. The Balaban J connectivity index is 2.53. The lowest BCUT2D eigenvalue weighted by atomic mass is 10.5. The fraction of sp³-hybridized carbons (Fsp3) is 0.286. The molecular formula is C7H9N3O2. The maximum atomic E-state index is 10.3. The van der Waals surface area contributed by atoms with Gasteiger partial charge in [-0.3, -0.25) is 9.78 Å². The van der Waals surface area contributed by atoms with Gasteiger partial charge in [0.2, 0.25) is 5.88 Å². The van der Waals surface area contributed by atoms with Crippen LogP contribution in [0.2, 0.25) is 0 Å². The van der Waals surface area contributed by atoms with Crippen LogP contribution in [0, 0.1) is 6.92 Å². The number of aromatic nitrogens is 2. The first kappa shape index (κ1) is 8.45. The third-order valence-corrected chi connectivity index (χ3v) is 1.12. The maximum Gasteiger partial charge on any atom is 0.255 e. The zero-order valence-corrected chi connectivity index (χ0v) is 6.65. The average molecular weight is 167 g/mol. The fourth-order valence-corrected chi connectivity index (χ4v) is 0.600. The minimum absolute atomic E-state index is 0.169. The summed E-state index contributed by atoms with van der Waals surface area (Å²) in [7, 11) is 0. The molecule has 0 bridgehead atoms. The standard InChI is InChI=1S/C7H9N3O2/c1-5-2-10-7(3-9-5)12-4-6(8)11/h2-3H,4H2,1H3,(H2,8,11). The normalized spacial score (nSPS) is 9.42. The van der Waals surface area contributed by atoms with Crippen LogP contribution in [-0.4, -0.2) is 22.5 Å². The number of hydrogen-bond acceptors (Lipinski definition) is 4. The topological polar surface area (TPSA) is 78.1 Å². The quantitative estimate of drug-likeness (QED) is 0.667. The Labute approximate surface area is 69.6 Å². The first-order chi connectivity index (χ1) is 5.68.